The Morgan fingerprint density at radius 3 is 1.55 bits per heavy atom. The summed E-state index contributed by atoms with van der Waals surface area (Å²) < 4.78 is 99.8. The van der Waals surface area contributed by atoms with E-state index in [0.717, 1.165) is 0 Å². The summed E-state index contributed by atoms with van der Waals surface area (Å²) in [5.74, 6) is -17.4. The molecule has 1 rings (SSSR count). The zero-order valence-corrected chi connectivity index (χ0v) is 8.96. The van der Waals surface area contributed by atoms with Crippen LogP contribution in [-0.4, -0.2) is 17.1 Å². The van der Waals surface area contributed by atoms with E-state index in [-0.39, 0.29) is 0 Å². The zero-order valence-electron chi connectivity index (χ0n) is 8.96. The van der Waals surface area contributed by atoms with Crippen molar-refractivity contribution >= 4 is 11.5 Å². The molecule has 1 aromatic rings. The summed E-state index contributed by atoms with van der Waals surface area (Å²) in [6.07, 6.45) is -6.18. The number of aliphatic hydroxyl groups excluding tert-OH is 1. The molecule has 0 aromatic heterocycles. The molecule has 0 atom stereocenters. The van der Waals surface area contributed by atoms with Crippen LogP contribution in [0.5, 0.6) is 0 Å². The van der Waals surface area contributed by atoms with Crippen LogP contribution in [0.3, 0.4) is 0 Å². The van der Waals surface area contributed by atoms with E-state index in [9.17, 15) is 39.9 Å². The highest BCUT2D eigenvalue weighted by atomic mass is 19.4. The van der Waals surface area contributed by atoms with Crippen molar-refractivity contribution in [2.24, 2.45) is 0 Å². The van der Waals surface area contributed by atoms with Crippen LogP contribution >= 0.6 is 0 Å². The number of allylic oxidation sites excluding steroid dienone is 1. The maximum atomic E-state index is 13.1. The molecular weight excluding hydrogens is 304 g/mol. The molecule has 0 bridgehead atoms. The van der Waals surface area contributed by atoms with E-state index in [1.54, 1.807) is 0 Å². The number of alkyl halides is 3. The topological polar surface area (TPSA) is 37.3 Å². The third-order valence-corrected chi connectivity index (χ3v) is 2.01. The number of hydrogen-bond acceptors (Lipinski definition) is 2. The Morgan fingerprint density at radius 2 is 1.20 bits per heavy atom. The van der Waals surface area contributed by atoms with Crippen LogP contribution in [0, 0.1) is 29.1 Å². The highest BCUT2D eigenvalue weighted by Gasteiger charge is 2.38. The molecule has 10 heteroatoms. The third kappa shape index (κ3) is 2.73. The van der Waals surface area contributed by atoms with Crippen molar-refractivity contribution in [1.82, 2.24) is 0 Å². The van der Waals surface area contributed by atoms with Crippen molar-refractivity contribution in [3.63, 3.8) is 0 Å². The van der Waals surface area contributed by atoms with Crippen LogP contribution in [0.1, 0.15) is 5.56 Å². The second-order valence-electron chi connectivity index (χ2n) is 3.34. The van der Waals surface area contributed by atoms with Gasteiger partial charge in [0.05, 0.1) is 5.56 Å². The second-order valence-corrected chi connectivity index (χ2v) is 3.34. The van der Waals surface area contributed by atoms with Crippen molar-refractivity contribution in [2.75, 3.05) is 0 Å². The summed E-state index contributed by atoms with van der Waals surface area (Å²) in [7, 11) is 0. The maximum absolute atomic E-state index is 13.1. The number of benzene rings is 1. The van der Waals surface area contributed by atoms with Gasteiger partial charge in [0.15, 0.2) is 23.3 Å². The molecule has 0 unspecified atom stereocenters. The van der Waals surface area contributed by atoms with Gasteiger partial charge in [-0.25, -0.2) is 22.0 Å². The molecule has 2 nitrogen and oxygen atoms in total. The maximum Gasteiger partial charge on any atom is 0.454 e. The average Bonchev–Trinajstić information content (AvgIpc) is 2.33. The lowest BCUT2D eigenvalue weighted by Crippen LogP contribution is -2.20. The number of aliphatic hydroxyl groups is 1. The van der Waals surface area contributed by atoms with Crippen LogP contribution < -0.4 is 0 Å². The lowest BCUT2D eigenvalue weighted by molar-refractivity contribution is -0.165. The fourth-order valence-electron chi connectivity index (χ4n) is 1.11. The third-order valence-electron chi connectivity index (χ3n) is 2.01. The minimum Gasteiger partial charge on any atom is -0.507 e. The Labute approximate surface area is 104 Å². The van der Waals surface area contributed by atoms with Gasteiger partial charge >= 0.3 is 6.18 Å². The summed E-state index contributed by atoms with van der Waals surface area (Å²) in [6.45, 7) is 0. The number of rotatable bonds is 2. The van der Waals surface area contributed by atoms with Crippen molar-refractivity contribution in [3.05, 3.63) is 40.7 Å². The Kier molecular flexibility index (Phi) is 4.06. The van der Waals surface area contributed by atoms with Crippen molar-refractivity contribution < 1.29 is 45.0 Å². The molecular formula is C10H2F8O2. The predicted octanol–water partition coefficient (Wildman–Crippen LogP) is 3.41. The van der Waals surface area contributed by atoms with Crippen LogP contribution in [0.4, 0.5) is 35.1 Å². The lowest BCUT2D eigenvalue weighted by Gasteiger charge is -2.08. The number of hydrogen-bond donors (Lipinski definition) is 1. The monoisotopic (exact) mass is 306 g/mol. The molecule has 110 valence electrons. The van der Waals surface area contributed by atoms with Gasteiger partial charge in [-0.1, -0.05) is 0 Å². The largest absolute Gasteiger partial charge is 0.507 e. The SMILES string of the molecule is O=C(C=C(O)c1c(F)c(F)c(F)c(F)c1F)C(F)(F)F. The Balaban J connectivity index is 3.49. The fourth-order valence-corrected chi connectivity index (χ4v) is 1.11. The summed E-state index contributed by atoms with van der Waals surface area (Å²) in [6, 6.07) is 0. The molecule has 20 heavy (non-hydrogen) atoms. The number of ketones is 1. The zero-order chi connectivity index (χ0) is 15.8. The normalized spacial score (nSPS) is 12.7. The average molecular weight is 306 g/mol. The van der Waals surface area contributed by atoms with E-state index in [1.807, 2.05) is 0 Å². The van der Waals surface area contributed by atoms with Crippen LogP contribution in [0.25, 0.3) is 5.76 Å². The van der Waals surface area contributed by atoms with E-state index < -0.39 is 58.4 Å². The quantitative estimate of drug-likeness (QED) is 0.299. The minimum absolute atomic E-state index is 0.696. The first-order valence-electron chi connectivity index (χ1n) is 4.52. The van der Waals surface area contributed by atoms with Gasteiger partial charge in [0.2, 0.25) is 5.82 Å². The summed E-state index contributed by atoms with van der Waals surface area (Å²) in [5, 5.41) is 8.96. The van der Waals surface area contributed by atoms with Gasteiger partial charge < -0.3 is 5.11 Å². The molecule has 0 spiro atoms. The molecule has 0 aliphatic carbocycles. The minimum atomic E-state index is -5.49. The molecule has 0 radical (unpaired) electrons. The second kappa shape index (κ2) is 5.10. The summed E-state index contributed by atoms with van der Waals surface area (Å²) >= 11 is 0. The molecule has 0 heterocycles. The van der Waals surface area contributed by atoms with E-state index in [0.29, 0.717) is 0 Å². The molecule has 1 aromatic carbocycles. The van der Waals surface area contributed by atoms with E-state index in [4.69, 9.17) is 5.11 Å². The van der Waals surface area contributed by atoms with Crippen molar-refractivity contribution in [2.45, 2.75) is 6.18 Å². The lowest BCUT2D eigenvalue weighted by atomic mass is 10.1. The molecule has 1 N–H and O–H groups in total. The number of halogens is 8. The summed E-state index contributed by atoms with van der Waals surface area (Å²) in [4.78, 5) is 10.4. The van der Waals surface area contributed by atoms with Crippen molar-refractivity contribution in [1.29, 1.82) is 0 Å². The molecule has 0 fully saturated rings. The van der Waals surface area contributed by atoms with Gasteiger partial charge in [0.25, 0.3) is 5.78 Å². The summed E-state index contributed by atoms with van der Waals surface area (Å²) in [5.41, 5.74) is -2.03. The van der Waals surface area contributed by atoms with Gasteiger partial charge in [-0.2, -0.15) is 13.2 Å². The molecule has 0 saturated heterocycles. The highest BCUT2D eigenvalue weighted by molar-refractivity contribution is 5.99. The Morgan fingerprint density at radius 1 is 0.850 bits per heavy atom. The predicted molar refractivity (Wildman–Crippen MR) is 47.9 cm³/mol. The number of carbonyl (C=O) groups is 1. The fraction of sp³-hybridized carbons (Fsp3) is 0.100. The smallest absolute Gasteiger partial charge is 0.454 e. The van der Waals surface area contributed by atoms with E-state index in [1.165, 1.54) is 0 Å². The first kappa shape index (κ1) is 15.9. The van der Waals surface area contributed by atoms with Gasteiger partial charge in [-0.05, 0) is 0 Å². The Bertz CT molecular complexity index is 573. The highest BCUT2D eigenvalue weighted by Crippen LogP contribution is 2.28. The first-order valence-corrected chi connectivity index (χ1v) is 4.52. The number of carbonyl (C=O) groups excluding carboxylic acids is 1. The molecule has 0 amide bonds. The molecule has 0 aliphatic rings. The van der Waals surface area contributed by atoms with Crippen LogP contribution in [-0.2, 0) is 4.79 Å². The van der Waals surface area contributed by atoms with Crippen LogP contribution in [0.15, 0.2) is 6.08 Å². The van der Waals surface area contributed by atoms with E-state index in [2.05, 4.69) is 0 Å². The first-order chi connectivity index (χ1) is 8.98. The van der Waals surface area contributed by atoms with Gasteiger partial charge in [0, 0.05) is 6.08 Å². The van der Waals surface area contributed by atoms with Crippen LogP contribution in [0.2, 0.25) is 0 Å². The van der Waals surface area contributed by atoms with Gasteiger partial charge in [-0.3, -0.25) is 4.79 Å². The van der Waals surface area contributed by atoms with Crippen molar-refractivity contribution in [3.8, 4) is 0 Å². The molecule has 0 aliphatic heterocycles. The van der Waals surface area contributed by atoms with E-state index >= 15 is 0 Å². The van der Waals surface area contributed by atoms with Gasteiger partial charge in [-0.15, -0.1) is 0 Å². The Hall–Kier alpha value is -2.13. The standard InChI is InChI=1S/C10H2F8O2/c11-5-4(2(19)1-3(20)10(16,17)18)6(12)8(14)9(15)7(5)13/h1,19H. The van der Waals surface area contributed by atoms with Gasteiger partial charge in [0.1, 0.15) is 5.76 Å². The molecule has 0 saturated carbocycles.